The molecule has 0 atom stereocenters. The van der Waals surface area contributed by atoms with E-state index in [2.05, 4.69) is 0 Å². The molecule has 0 saturated carbocycles. The maximum Gasteiger partial charge on any atom is 0.414 e. The van der Waals surface area contributed by atoms with E-state index in [1.54, 1.807) is 4.90 Å². The summed E-state index contributed by atoms with van der Waals surface area (Å²) in [5.74, 6) is 0. The van der Waals surface area contributed by atoms with Crippen LogP contribution in [0.3, 0.4) is 0 Å². The van der Waals surface area contributed by atoms with E-state index < -0.39 is 0 Å². The molecule has 1 aliphatic rings. The van der Waals surface area contributed by atoms with Crippen LogP contribution in [0.25, 0.3) is 0 Å². The molecule has 1 amide bonds. The molecule has 1 aliphatic heterocycles. The van der Waals surface area contributed by atoms with E-state index in [1.165, 1.54) is 0 Å². The van der Waals surface area contributed by atoms with Crippen molar-refractivity contribution in [1.29, 1.82) is 0 Å². The smallest absolute Gasteiger partial charge is 0.414 e. The molecule has 1 saturated heterocycles. The van der Waals surface area contributed by atoms with Crippen LogP contribution in [-0.4, -0.2) is 24.1 Å². The predicted octanol–water partition coefficient (Wildman–Crippen LogP) is 1.75. The number of allylic oxidation sites excluding steroid dienone is 2. The van der Waals surface area contributed by atoms with Crippen molar-refractivity contribution in [2.45, 2.75) is 20.3 Å². The monoisotopic (exact) mass is 155 g/mol. The van der Waals surface area contributed by atoms with Gasteiger partial charge < -0.3 is 4.74 Å². The molecule has 0 spiro atoms. The number of carbonyl (C=O) groups is 1. The van der Waals surface area contributed by atoms with E-state index in [0.717, 1.165) is 12.1 Å². The predicted molar refractivity (Wildman–Crippen MR) is 42.1 cm³/mol. The molecule has 0 N–H and O–H groups in total. The van der Waals surface area contributed by atoms with Crippen molar-refractivity contribution in [3.05, 3.63) is 11.8 Å². The zero-order valence-corrected chi connectivity index (χ0v) is 6.96. The number of rotatable bonds is 2. The molecule has 1 rings (SSSR count). The highest BCUT2D eigenvalue weighted by Crippen LogP contribution is 2.11. The van der Waals surface area contributed by atoms with Crippen LogP contribution in [0.2, 0.25) is 0 Å². The van der Waals surface area contributed by atoms with Gasteiger partial charge in [-0.2, -0.15) is 0 Å². The van der Waals surface area contributed by atoms with Crippen LogP contribution in [0.15, 0.2) is 11.8 Å². The van der Waals surface area contributed by atoms with Crippen molar-refractivity contribution < 1.29 is 9.53 Å². The molecule has 0 radical (unpaired) electrons. The van der Waals surface area contributed by atoms with Gasteiger partial charge in [0.05, 0.1) is 6.54 Å². The maximum absolute atomic E-state index is 11.0. The van der Waals surface area contributed by atoms with Gasteiger partial charge in [-0.05, 0) is 13.3 Å². The first-order chi connectivity index (χ1) is 5.25. The number of ether oxygens (including phenoxy) is 1. The van der Waals surface area contributed by atoms with Crippen LogP contribution in [0.1, 0.15) is 20.3 Å². The third-order valence-electron chi connectivity index (χ3n) is 1.69. The number of nitrogens with zero attached hydrogens (tertiary/aromatic N) is 1. The minimum absolute atomic E-state index is 0.216. The Bertz CT molecular complexity index is 187. The molecule has 11 heavy (non-hydrogen) atoms. The van der Waals surface area contributed by atoms with Crippen LogP contribution in [-0.2, 0) is 4.74 Å². The van der Waals surface area contributed by atoms with Crippen molar-refractivity contribution in [2.75, 3.05) is 13.2 Å². The van der Waals surface area contributed by atoms with Gasteiger partial charge >= 0.3 is 6.09 Å². The summed E-state index contributed by atoms with van der Waals surface area (Å²) in [4.78, 5) is 12.6. The minimum atomic E-state index is -0.216. The molecular weight excluding hydrogens is 142 g/mol. The first kappa shape index (κ1) is 8.11. The lowest BCUT2D eigenvalue weighted by Gasteiger charge is -2.11. The van der Waals surface area contributed by atoms with E-state index in [4.69, 9.17) is 4.74 Å². The Morgan fingerprint density at radius 1 is 1.82 bits per heavy atom. The zero-order chi connectivity index (χ0) is 8.27. The van der Waals surface area contributed by atoms with Crippen molar-refractivity contribution in [3.63, 3.8) is 0 Å². The van der Waals surface area contributed by atoms with Crippen LogP contribution in [0.5, 0.6) is 0 Å². The summed E-state index contributed by atoms with van der Waals surface area (Å²) in [6.07, 6.45) is 2.76. The highest BCUT2D eigenvalue weighted by Gasteiger charge is 2.22. The summed E-state index contributed by atoms with van der Waals surface area (Å²) in [6.45, 7) is 5.19. The Morgan fingerprint density at radius 3 is 3.00 bits per heavy atom. The number of cyclic esters (lactones) is 1. The summed E-state index contributed by atoms with van der Waals surface area (Å²) in [6, 6.07) is 0. The topological polar surface area (TPSA) is 29.5 Å². The van der Waals surface area contributed by atoms with E-state index in [-0.39, 0.29) is 6.09 Å². The van der Waals surface area contributed by atoms with Gasteiger partial charge in [0, 0.05) is 5.70 Å². The lowest BCUT2D eigenvalue weighted by atomic mass is 10.3. The second kappa shape index (κ2) is 3.42. The largest absolute Gasteiger partial charge is 0.447 e. The third kappa shape index (κ3) is 1.73. The summed E-state index contributed by atoms with van der Waals surface area (Å²) in [7, 11) is 0. The standard InChI is InChI=1S/C8H13NO2/c1-3-4-7(2)9-5-6-11-8(9)10/h4H,3,5-6H2,1-2H3. The number of amides is 1. The molecule has 1 fully saturated rings. The Morgan fingerprint density at radius 2 is 2.55 bits per heavy atom. The molecule has 1 heterocycles. The molecule has 62 valence electrons. The molecule has 0 aliphatic carbocycles. The highest BCUT2D eigenvalue weighted by molar-refractivity contribution is 5.71. The van der Waals surface area contributed by atoms with Crippen LogP contribution < -0.4 is 0 Å². The van der Waals surface area contributed by atoms with Gasteiger partial charge in [-0.1, -0.05) is 13.0 Å². The molecular formula is C8H13NO2. The maximum atomic E-state index is 11.0. The lowest BCUT2D eigenvalue weighted by molar-refractivity contribution is 0.164. The quantitative estimate of drug-likeness (QED) is 0.608. The molecule has 3 nitrogen and oxygen atoms in total. The van der Waals surface area contributed by atoms with Crippen LogP contribution in [0.4, 0.5) is 4.79 Å². The van der Waals surface area contributed by atoms with Gasteiger partial charge in [0.15, 0.2) is 0 Å². The molecule has 0 aromatic heterocycles. The highest BCUT2D eigenvalue weighted by atomic mass is 16.6. The van der Waals surface area contributed by atoms with Crippen molar-refractivity contribution in [3.8, 4) is 0 Å². The van der Waals surface area contributed by atoms with Gasteiger partial charge in [0.25, 0.3) is 0 Å². The first-order valence-electron chi connectivity index (χ1n) is 3.86. The summed E-state index contributed by atoms with van der Waals surface area (Å²) in [5.41, 5.74) is 0.995. The van der Waals surface area contributed by atoms with Gasteiger partial charge in [0.1, 0.15) is 6.61 Å². The SMILES string of the molecule is CCC=C(C)N1CCOC1=O. The van der Waals surface area contributed by atoms with Crippen LogP contribution in [0, 0.1) is 0 Å². The Kier molecular flexibility index (Phi) is 2.52. The third-order valence-corrected chi connectivity index (χ3v) is 1.69. The average Bonchev–Trinajstić information content (AvgIpc) is 2.36. The fraction of sp³-hybridized carbons (Fsp3) is 0.625. The average molecular weight is 155 g/mol. The molecule has 0 aromatic rings. The molecule has 0 bridgehead atoms. The molecule has 3 heteroatoms. The summed E-state index contributed by atoms with van der Waals surface area (Å²) in [5, 5.41) is 0. The van der Waals surface area contributed by atoms with Gasteiger partial charge in [0.2, 0.25) is 0 Å². The fourth-order valence-electron chi connectivity index (χ4n) is 1.12. The number of hydrogen-bond donors (Lipinski definition) is 0. The first-order valence-corrected chi connectivity index (χ1v) is 3.86. The molecule has 0 aromatic carbocycles. The van der Waals surface area contributed by atoms with E-state index in [9.17, 15) is 4.79 Å². The second-order valence-electron chi connectivity index (χ2n) is 2.52. The lowest BCUT2D eigenvalue weighted by Crippen LogP contribution is -2.21. The second-order valence-corrected chi connectivity index (χ2v) is 2.52. The molecule has 0 unspecified atom stereocenters. The summed E-state index contributed by atoms with van der Waals surface area (Å²) >= 11 is 0. The van der Waals surface area contributed by atoms with Gasteiger partial charge in [-0.15, -0.1) is 0 Å². The Balaban J connectivity index is 2.59. The van der Waals surface area contributed by atoms with Crippen molar-refractivity contribution in [1.82, 2.24) is 4.90 Å². The van der Waals surface area contributed by atoms with E-state index in [0.29, 0.717) is 13.2 Å². The summed E-state index contributed by atoms with van der Waals surface area (Å²) < 4.78 is 4.78. The zero-order valence-electron chi connectivity index (χ0n) is 6.96. The number of hydrogen-bond acceptors (Lipinski definition) is 2. The Hall–Kier alpha value is -0.990. The van der Waals surface area contributed by atoms with Gasteiger partial charge in [-0.25, -0.2) is 4.79 Å². The Labute approximate surface area is 66.6 Å². The minimum Gasteiger partial charge on any atom is -0.447 e. The normalized spacial score (nSPS) is 18.9. The van der Waals surface area contributed by atoms with Crippen molar-refractivity contribution >= 4 is 6.09 Å². The van der Waals surface area contributed by atoms with E-state index >= 15 is 0 Å². The number of carbonyl (C=O) groups excluding carboxylic acids is 1. The van der Waals surface area contributed by atoms with Crippen molar-refractivity contribution in [2.24, 2.45) is 0 Å². The fourth-order valence-corrected chi connectivity index (χ4v) is 1.12. The van der Waals surface area contributed by atoms with Gasteiger partial charge in [-0.3, -0.25) is 4.90 Å². The van der Waals surface area contributed by atoms with Crippen LogP contribution >= 0.6 is 0 Å². The van der Waals surface area contributed by atoms with E-state index in [1.807, 2.05) is 19.9 Å².